The molecule has 0 radical (unpaired) electrons. The van der Waals surface area contributed by atoms with Gasteiger partial charge in [0.2, 0.25) is 0 Å². The monoisotopic (exact) mass is 383 g/mol. The SMILES string of the molecule is CCC(Br)Cc1ccc([N+](=O)[O-])cc1I. The zero-order chi connectivity index (χ0) is 11.4. The Balaban J connectivity index is 2.88. The Labute approximate surface area is 111 Å². The molecule has 0 N–H and O–H groups in total. The minimum absolute atomic E-state index is 0.158. The van der Waals surface area contributed by atoms with Gasteiger partial charge in [-0.05, 0) is 41.0 Å². The van der Waals surface area contributed by atoms with Crippen LogP contribution in [-0.4, -0.2) is 9.75 Å². The number of non-ortho nitro benzene ring substituents is 1. The molecule has 0 bridgehead atoms. The van der Waals surface area contributed by atoms with Crippen molar-refractivity contribution in [3.05, 3.63) is 37.4 Å². The molecule has 5 heteroatoms. The van der Waals surface area contributed by atoms with E-state index in [0.29, 0.717) is 4.83 Å². The molecular formula is C10H11BrINO2. The number of nitro groups is 1. The minimum Gasteiger partial charge on any atom is -0.258 e. The van der Waals surface area contributed by atoms with Crippen LogP contribution < -0.4 is 0 Å². The molecular weight excluding hydrogens is 373 g/mol. The van der Waals surface area contributed by atoms with E-state index >= 15 is 0 Å². The quantitative estimate of drug-likeness (QED) is 0.342. The summed E-state index contributed by atoms with van der Waals surface area (Å²) in [5, 5.41) is 10.5. The third-order valence-electron chi connectivity index (χ3n) is 2.13. The van der Waals surface area contributed by atoms with Gasteiger partial charge in [0.25, 0.3) is 5.69 Å². The van der Waals surface area contributed by atoms with Crippen LogP contribution in [0.15, 0.2) is 18.2 Å². The molecule has 1 aromatic rings. The van der Waals surface area contributed by atoms with Crippen molar-refractivity contribution in [1.29, 1.82) is 0 Å². The Morgan fingerprint density at radius 2 is 2.27 bits per heavy atom. The second-order valence-electron chi connectivity index (χ2n) is 3.24. The van der Waals surface area contributed by atoms with Crippen LogP contribution in [0.1, 0.15) is 18.9 Å². The van der Waals surface area contributed by atoms with Crippen molar-refractivity contribution in [2.75, 3.05) is 0 Å². The van der Waals surface area contributed by atoms with Crippen LogP contribution in [0.5, 0.6) is 0 Å². The fraction of sp³-hybridized carbons (Fsp3) is 0.400. The maximum atomic E-state index is 10.5. The van der Waals surface area contributed by atoms with Gasteiger partial charge in [-0.15, -0.1) is 0 Å². The van der Waals surface area contributed by atoms with Crippen LogP contribution in [0.2, 0.25) is 0 Å². The van der Waals surface area contributed by atoms with Crippen LogP contribution in [0.25, 0.3) is 0 Å². The molecule has 0 heterocycles. The third kappa shape index (κ3) is 3.71. The van der Waals surface area contributed by atoms with Crippen molar-refractivity contribution in [3.63, 3.8) is 0 Å². The molecule has 0 amide bonds. The van der Waals surface area contributed by atoms with Crippen LogP contribution in [0.4, 0.5) is 5.69 Å². The van der Waals surface area contributed by atoms with Crippen molar-refractivity contribution < 1.29 is 4.92 Å². The van der Waals surface area contributed by atoms with Gasteiger partial charge in [0, 0.05) is 20.5 Å². The molecule has 1 unspecified atom stereocenters. The maximum absolute atomic E-state index is 10.5. The van der Waals surface area contributed by atoms with Crippen LogP contribution in [-0.2, 0) is 6.42 Å². The number of nitrogens with zero attached hydrogens (tertiary/aromatic N) is 1. The predicted molar refractivity (Wildman–Crippen MR) is 72.5 cm³/mol. The molecule has 0 saturated carbocycles. The number of alkyl halides is 1. The highest BCUT2D eigenvalue weighted by Crippen LogP contribution is 2.22. The minimum atomic E-state index is -0.364. The van der Waals surface area contributed by atoms with Gasteiger partial charge in [0.05, 0.1) is 4.92 Å². The zero-order valence-corrected chi connectivity index (χ0v) is 12.0. The van der Waals surface area contributed by atoms with Gasteiger partial charge >= 0.3 is 0 Å². The lowest BCUT2D eigenvalue weighted by Gasteiger charge is -2.08. The standard InChI is InChI=1S/C10H11BrINO2/c1-2-8(11)5-7-3-4-9(13(14)15)6-10(7)12/h3-4,6,8H,2,5H2,1H3. The van der Waals surface area contributed by atoms with Gasteiger partial charge in [-0.1, -0.05) is 28.9 Å². The van der Waals surface area contributed by atoms with E-state index < -0.39 is 0 Å². The summed E-state index contributed by atoms with van der Waals surface area (Å²) >= 11 is 5.70. The summed E-state index contributed by atoms with van der Waals surface area (Å²) in [6, 6.07) is 5.02. The fourth-order valence-corrected chi connectivity index (χ4v) is 2.27. The van der Waals surface area contributed by atoms with Crippen LogP contribution in [0.3, 0.4) is 0 Å². The summed E-state index contributed by atoms with van der Waals surface area (Å²) in [5.74, 6) is 0. The first kappa shape index (κ1) is 12.9. The molecule has 0 spiro atoms. The summed E-state index contributed by atoms with van der Waals surface area (Å²) in [5.41, 5.74) is 1.32. The van der Waals surface area contributed by atoms with Crippen LogP contribution >= 0.6 is 38.5 Å². The van der Waals surface area contributed by atoms with E-state index in [9.17, 15) is 10.1 Å². The van der Waals surface area contributed by atoms with E-state index in [1.165, 1.54) is 0 Å². The molecule has 1 atom stereocenters. The summed E-state index contributed by atoms with van der Waals surface area (Å²) in [7, 11) is 0. The van der Waals surface area contributed by atoms with Gasteiger partial charge in [-0.25, -0.2) is 0 Å². The van der Waals surface area contributed by atoms with Gasteiger partial charge in [0.15, 0.2) is 0 Å². The van der Waals surface area contributed by atoms with Crippen molar-refractivity contribution in [2.24, 2.45) is 0 Å². The predicted octanol–water partition coefficient (Wildman–Crippen LogP) is 3.92. The molecule has 0 aromatic heterocycles. The molecule has 3 nitrogen and oxygen atoms in total. The second kappa shape index (κ2) is 5.79. The lowest BCUT2D eigenvalue weighted by Crippen LogP contribution is -2.02. The molecule has 0 saturated heterocycles. The summed E-state index contributed by atoms with van der Waals surface area (Å²) in [6.45, 7) is 2.11. The Morgan fingerprint density at radius 1 is 1.60 bits per heavy atom. The normalized spacial score (nSPS) is 12.5. The van der Waals surface area contributed by atoms with E-state index in [4.69, 9.17) is 0 Å². The van der Waals surface area contributed by atoms with Crippen molar-refractivity contribution in [3.8, 4) is 0 Å². The van der Waals surface area contributed by atoms with E-state index in [0.717, 1.165) is 22.0 Å². The maximum Gasteiger partial charge on any atom is 0.270 e. The van der Waals surface area contributed by atoms with E-state index in [1.807, 2.05) is 6.07 Å². The Kier molecular flexibility index (Phi) is 4.98. The summed E-state index contributed by atoms with van der Waals surface area (Å²) < 4.78 is 0.958. The smallest absolute Gasteiger partial charge is 0.258 e. The molecule has 0 fully saturated rings. The highest BCUT2D eigenvalue weighted by atomic mass is 127. The number of rotatable bonds is 4. The number of hydrogen-bond donors (Lipinski definition) is 0. The molecule has 1 rings (SSSR count). The van der Waals surface area contributed by atoms with Gasteiger partial charge in [-0.2, -0.15) is 0 Å². The first-order valence-corrected chi connectivity index (χ1v) is 6.61. The molecule has 15 heavy (non-hydrogen) atoms. The Hall–Kier alpha value is -0.170. The Morgan fingerprint density at radius 3 is 2.73 bits per heavy atom. The zero-order valence-electron chi connectivity index (χ0n) is 8.24. The summed E-state index contributed by atoms with van der Waals surface area (Å²) in [4.78, 5) is 10.6. The topological polar surface area (TPSA) is 43.1 Å². The summed E-state index contributed by atoms with van der Waals surface area (Å²) in [6.07, 6.45) is 1.96. The molecule has 0 aliphatic heterocycles. The highest BCUT2D eigenvalue weighted by Gasteiger charge is 2.11. The van der Waals surface area contributed by atoms with Crippen molar-refractivity contribution in [1.82, 2.24) is 0 Å². The van der Waals surface area contributed by atoms with E-state index in [2.05, 4.69) is 45.4 Å². The Bertz CT molecular complexity index is 370. The van der Waals surface area contributed by atoms with Crippen molar-refractivity contribution in [2.45, 2.75) is 24.6 Å². The molecule has 82 valence electrons. The largest absolute Gasteiger partial charge is 0.270 e. The average Bonchev–Trinajstić information content (AvgIpc) is 2.20. The van der Waals surface area contributed by atoms with Crippen LogP contribution in [0, 0.1) is 13.7 Å². The van der Waals surface area contributed by atoms with Gasteiger partial charge in [0.1, 0.15) is 0 Å². The highest BCUT2D eigenvalue weighted by molar-refractivity contribution is 14.1. The van der Waals surface area contributed by atoms with E-state index in [1.54, 1.807) is 12.1 Å². The molecule has 0 aliphatic rings. The lowest BCUT2D eigenvalue weighted by atomic mass is 10.1. The lowest BCUT2D eigenvalue weighted by molar-refractivity contribution is -0.385. The number of benzene rings is 1. The average molecular weight is 384 g/mol. The second-order valence-corrected chi connectivity index (χ2v) is 5.70. The number of halogens is 2. The fourth-order valence-electron chi connectivity index (χ4n) is 1.20. The number of nitro benzene ring substituents is 1. The first-order valence-electron chi connectivity index (χ1n) is 4.61. The molecule has 1 aromatic carbocycles. The number of hydrogen-bond acceptors (Lipinski definition) is 2. The third-order valence-corrected chi connectivity index (χ3v) is 4.11. The van der Waals surface area contributed by atoms with Crippen molar-refractivity contribution >= 4 is 44.2 Å². The molecule has 0 aliphatic carbocycles. The van der Waals surface area contributed by atoms with Gasteiger partial charge < -0.3 is 0 Å². The van der Waals surface area contributed by atoms with E-state index in [-0.39, 0.29) is 10.6 Å². The first-order chi connectivity index (χ1) is 7.04. The van der Waals surface area contributed by atoms with Gasteiger partial charge in [-0.3, -0.25) is 10.1 Å².